The first-order chi connectivity index (χ1) is 21.0. The number of hydrogen-bond donors (Lipinski definition) is 2. The smallest absolute Gasteiger partial charge is 0.416 e. The number of aromatic amines is 1. The number of carbonyl (C=O) groups excluding carboxylic acids is 1. The number of benzene rings is 2. The minimum atomic E-state index is -4.49. The molecule has 12 heteroatoms. The van der Waals surface area contributed by atoms with Crippen molar-refractivity contribution in [2.24, 2.45) is 0 Å². The number of nitrogens with zero attached hydrogens (tertiary/aromatic N) is 5. The van der Waals surface area contributed by atoms with Gasteiger partial charge in [-0.3, -0.25) is 4.79 Å². The number of amides is 1. The van der Waals surface area contributed by atoms with E-state index in [4.69, 9.17) is 14.7 Å². The lowest BCUT2D eigenvalue weighted by Gasteiger charge is -2.31. The summed E-state index contributed by atoms with van der Waals surface area (Å²) >= 11 is 0. The third-order valence-electron chi connectivity index (χ3n) is 7.69. The molecule has 0 bridgehead atoms. The lowest BCUT2D eigenvalue weighted by molar-refractivity contribution is -0.137. The fourth-order valence-electron chi connectivity index (χ4n) is 5.41. The number of methoxy groups -OCH3 is 1. The topological polar surface area (TPSA) is 99.3 Å². The van der Waals surface area contributed by atoms with Crippen molar-refractivity contribution in [3.63, 3.8) is 0 Å². The van der Waals surface area contributed by atoms with Gasteiger partial charge in [0.2, 0.25) is 11.9 Å². The van der Waals surface area contributed by atoms with Crippen molar-refractivity contribution in [2.75, 3.05) is 46.2 Å². The summed E-state index contributed by atoms with van der Waals surface area (Å²) < 4.78 is 46.2. The second-order valence-electron chi connectivity index (χ2n) is 11.2. The van der Waals surface area contributed by atoms with Gasteiger partial charge in [0.1, 0.15) is 11.6 Å². The SMILES string of the molecule is COc1ccc(CNc2nccc(-c3[nH]c(C4CCN(C(=O)CN(C)C)CC4)nc3-c3cccc(C(F)(F)F)c3)n2)cc1C. The van der Waals surface area contributed by atoms with Gasteiger partial charge in [-0.1, -0.05) is 24.3 Å². The number of halogens is 3. The van der Waals surface area contributed by atoms with E-state index in [2.05, 4.69) is 15.3 Å². The molecule has 232 valence electrons. The minimum Gasteiger partial charge on any atom is -0.496 e. The van der Waals surface area contributed by atoms with Gasteiger partial charge in [-0.2, -0.15) is 13.2 Å². The Labute approximate surface area is 254 Å². The van der Waals surface area contributed by atoms with E-state index < -0.39 is 11.7 Å². The summed E-state index contributed by atoms with van der Waals surface area (Å²) in [7, 11) is 5.35. The van der Waals surface area contributed by atoms with Crippen LogP contribution in [0.25, 0.3) is 22.6 Å². The van der Waals surface area contributed by atoms with Crippen LogP contribution in [0.5, 0.6) is 5.75 Å². The van der Waals surface area contributed by atoms with Crippen LogP contribution >= 0.6 is 0 Å². The molecule has 2 aromatic heterocycles. The van der Waals surface area contributed by atoms with E-state index in [0.717, 1.165) is 29.0 Å². The summed E-state index contributed by atoms with van der Waals surface area (Å²) in [5, 5.41) is 3.24. The number of ether oxygens (including phenoxy) is 1. The van der Waals surface area contributed by atoms with Crippen molar-refractivity contribution >= 4 is 11.9 Å². The molecule has 1 aliphatic rings. The Morgan fingerprint density at radius 2 is 1.89 bits per heavy atom. The van der Waals surface area contributed by atoms with Crippen molar-refractivity contribution in [3.05, 3.63) is 77.2 Å². The second kappa shape index (κ2) is 13.0. The molecule has 0 atom stereocenters. The third kappa shape index (κ3) is 7.19. The Bertz CT molecular complexity index is 1610. The predicted molar refractivity (Wildman–Crippen MR) is 162 cm³/mol. The zero-order valence-corrected chi connectivity index (χ0v) is 25.2. The summed E-state index contributed by atoms with van der Waals surface area (Å²) in [6.45, 7) is 3.94. The molecule has 3 heterocycles. The van der Waals surface area contributed by atoms with E-state index in [1.165, 1.54) is 6.07 Å². The molecule has 9 nitrogen and oxygen atoms in total. The van der Waals surface area contributed by atoms with Gasteiger partial charge in [-0.05, 0) is 69.3 Å². The molecular formula is C32H36F3N7O2. The number of aryl methyl sites for hydroxylation is 1. The number of likely N-dealkylation sites (tertiary alicyclic amines) is 1. The van der Waals surface area contributed by atoms with Crippen LogP contribution in [0.3, 0.4) is 0 Å². The van der Waals surface area contributed by atoms with Gasteiger partial charge in [0.25, 0.3) is 0 Å². The van der Waals surface area contributed by atoms with Crippen LogP contribution in [0.15, 0.2) is 54.7 Å². The zero-order valence-electron chi connectivity index (χ0n) is 25.2. The van der Waals surface area contributed by atoms with E-state index in [1.807, 2.05) is 49.0 Å². The lowest BCUT2D eigenvalue weighted by Crippen LogP contribution is -2.42. The fraction of sp³-hybridized carbons (Fsp3) is 0.375. The Morgan fingerprint density at radius 3 is 2.57 bits per heavy atom. The normalized spacial score (nSPS) is 14.2. The Hall–Kier alpha value is -4.45. The van der Waals surface area contributed by atoms with Crippen molar-refractivity contribution in [3.8, 4) is 28.4 Å². The summed E-state index contributed by atoms with van der Waals surface area (Å²) in [6, 6.07) is 12.7. The maximum Gasteiger partial charge on any atom is 0.416 e. The van der Waals surface area contributed by atoms with Gasteiger partial charge in [-0.25, -0.2) is 15.0 Å². The Kier molecular flexibility index (Phi) is 9.19. The first-order valence-electron chi connectivity index (χ1n) is 14.4. The predicted octanol–water partition coefficient (Wildman–Crippen LogP) is 5.75. The number of likely N-dealkylation sites (N-methyl/N-ethyl adjacent to an activating group) is 1. The number of nitrogens with one attached hydrogen (secondary N) is 2. The van der Waals surface area contributed by atoms with Gasteiger partial charge < -0.3 is 24.8 Å². The number of H-pyrrole nitrogens is 1. The van der Waals surface area contributed by atoms with E-state index in [1.54, 1.807) is 25.4 Å². The van der Waals surface area contributed by atoms with Gasteiger partial charge >= 0.3 is 6.18 Å². The number of hydrogen-bond acceptors (Lipinski definition) is 7. The molecule has 44 heavy (non-hydrogen) atoms. The van der Waals surface area contributed by atoms with E-state index in [0.29, 0.717) is 73.4 Å². The highest BCUT2D eigenvalue weighted by atomic mass is 19.4. The quantitative estimate of drug-likeness (QED) is 0.250. The van der Waals surface area contributed by atoms with Crippen molar-refractivity contribution < 1.29 is 22.7 Å². The van der Waals surface area contributed by atoms with Crippen LogP contribution in [0.1, 0.15) is 41.3 Å². The maximum absolute atomic E-state index is 13.6. The van der Waals surface area contributed by atoms with Crippen LogP contribution in [-0.2, 0) is 17.5 Å². The van der Waals surface area contributed by atoms with Crippen LogP contribution in [0.2, 0.25) is 0 Å². The van der Waals surface area contributed by atoms with Crippen molar-refractivity contribution in [2.45, 2.75) is 38.4 Å². The molecule has 1 aliphatic heterocycles. The molecule has 2 N–H and O–H groups in total. The van der Waals surface area contributed by atoms with E-state index in [9.17, 15) is 18.0 Å². The molecule has 1 fully saturated rings. The van der Waals surface area contributed by atoms with Crippen molar-refractivity contribution in [1.29, 1.82) is 0 Å². The molecular weight excluding hydrogens is 571 g/mol. The van der Waals surface area contributed by atoms with E-state index >= 15 is 0 Å². The second-order valence-corrected chi connectivity index (χ2v) is 11.2. The highest BCUT2D eigenvalue weighted by molar-refractivity contribution is 5.79. The average molecular weight is 608 g/mol. The number of rotatable bonds is 9. The number of aromatic nitrogens is 4. The molecule has 4 aromatic rings. The molecule has 5 rings (SSSR count). The highest BCUT2D eigenvalue weighted by Gasteiger charge is 2.32. The lowest BCUT2D eigenvalue weighted by atomic mass is 9.96. The zero-order chi connectivity index (χ0) is 31.4. The van der Waals surface area contributed by atoms with Gasteiger partial charge in [0, 0.05) is 37.3 Å². The first-order valence-corrected chi connectivity index (χ1v) is 14.4. The largest absolute Gasteiger partial charge is 0.496 e. The van der Waals surface area contributed by atoms with Crippen LogP contribution in [-0.4, -0.2) is 76.5 Å². The van der Waals surface area contributed by atoms with Crippen molar-refractivity contribution in [1.82, 2.24) is 29.7 Å². The average Bonchev–Trinajstić information content (AvgIpc) is 3.45. The standard InChI is InChI=1S/C32H36F3N7O2/c1-20-16-21(8-9-26(20)44-4)18-37-31-36-13-10-25(38-31)29-28(23-6-5-7-24(17-23)32(33,34)35)39-30(40-29)22-11-14-42(15-12-22)27(43)19-41(2)3/h5-10,13,16-17,22H,11-12,14-15,18-19H2,1-4H3,(H,39,40)(H,36,37,38). The molecule has 0 spiro atoms. The summed E-state index contributed by atoms with van der Waals surface area (Å²) in [5.41, 5.74) is 2.99. The molecule has 0 radical (unpaired) electrons. The number of anilines is 1. The molecule has 0 unspecified atom stereocenters. The number of carbonyl (C=O) groups is 1. The maximum atomic E-state index is 13.6. The summed E-state index contributed by atoms with van der Waals surface area (Å²) in [6.07, 6.45) is -1.51. The first kappa shape index (κ1) is 31.0. The fourth-order valence-corrected chi connectivity index (χ4v) is 5.41. The van der Waals surface area contributed by atoms with Gasteiger partial charge in [0.15, 0.2) is 0 Å². The molecule has 0 aliphatic carbocycles. The van der Waals surface area contributed by atoms with Gasteiger partial charge in [-0.15, -0.1) is 0 Å². The van der Waals surface area contributed by atoms with Crippen LogP contribution in [0, 0.1) is 6.92 Å². The van der Waals surface area contributed by atoms with Gasteiger partial charge in [0.05, 0.1) is 36.3 Å². The number of imidazole rings is 1. The molecule has 1 saturated heterocycles. The third-order valence-corrected chi connectivity index (χ3v) is 7.69. The monoisotopic (exact) mass is 607 g/mol. The number of piperidine rings is 1. The molecule has 0 saturated carbocycles. The van der Waals surface area contributed by atoms with Crippen LogP contribution < -0.4 is 10.1 Å². The highest BCUT2D eigenvalue weighted by Crippen LogP contribution is 2.37. The summed E-state index contributed by atoms with van der Waals surface area (Å²) in [4.78, 5) is 33.5. The molecule has 2 aromatic carbocycles. The summed E-state index contributed by atoms with van der Waals surface area (Å²) in [5.74, 6) is 1.91. The molecule has 1 amide bonds. The Morgan fingerprint density at radius 1 is 1.11 bits per heavy atom. The van der Waals surface area contributed by atoms with E-state index in [-0.39, 0.29) is 11.8 Å². The van der Waals surface area contributed by atoms with Crippen LogP contribution in [0.4, 0.5) is 19.1 Å². The minimum absolute atomic E-state index is 0.00875. The number of alkyl halides is 3. The Balaban J connectivity index is 1.44.